The number of alkyl halides is 3. The molecule has 1 atom stereocenters. The largest absolute Gasteiger partial charge is 0.481 e. The monoisotopic (exact) mass is 492 g/mol. The van der Waals surface area contributed by atoms with Gasteiger partial charge in [-0.1, -0.05) is 12.1 Å². The molecule has 0 spiro atoms. The van der Waals surface area contributed by atoms with E-state index in [1.54, 1.807) is 4.90 Å². The number of hydrogen-bond donors (Lipinski definition) is 2. The van der Waals surface area contributed by atoms with Crippen LogP contribution in [0.2, 0.25) is 0 Å². The number of hydrogen-bond acceptors (Lipinski definition) is 5. The molecule has 0 amide bonds. The number of carboxylic acids is 1. The summed E-state index contributed by atoms with van der Waals surface area (Å²) >= 11 is 4.48. The average Bonchev–Trinajstić information content (AvgIpc) is 2.65. The molecular formula is C20H20F4N2O4S2. The van der Waals surface area contributed by atoms with Gasteiger partial charge in [0.25, 0.3) is 0 Å². The number of carbonyl (C=O) groups is 1. The highest BCUT2D eigenvalue weighted by Gasteiger charge is 2.43. The number of carboxylic acid groups (broad SMARTS) is 1. The Morgan fingerprint density at radius 3 is 2.44 bits per heavy atom. The van der Waals surface area contributed by atoms with Crippen molar-refractivity contribution < 1.29 is 35.9 Å². The number of halogens is 4. The highest BCUT2D eigenvalue weighted by Crippen LogP contribution is 2.36. The fourth-order valence-electron chi connectivity index (χ4n) is 3.62. The average molecular weight is 493 g/mol. The summed E-state index contributed by atoms with van der Waals surface area (Å²) < 4.78 is 80.0. The van der Waals surface area contributed by atoms with Crippen molar-refractivity contribution in [1.82, 2.24) is 4.31 Å². The Balaban J connectivity index is 1.85. The SMILES string of the molecule is C[C@@]1(S)CN(c2ccc(C(F)(F)F)c(F)c2)CCN1S(=O)(=O)c1cccc(CC(=O)O)c1. The van der Waals surface area contributed by atoms with Crippen molar-refractivity contribution in [3.63, 3.8) is 0 Å². The minimum absolute atomic E-state index is 0.0189. The van der Waals surface area contributed by atoms with Crippen LogP contribution in [-0.4, -0.2) is 48.3 Å². The second kappa shape index (κ2) is 8.56. The van der Waals surface area contributed by atoms with E-state index in [2.05, 4.69) is 12.6 Å². The highest BCUT2D eigenvalue weighted by atomic mass is 32.2. The smallest absolute Gasteiger partial charge is 0.419 e. The van der Waals surface area contributed by atoms with E-state index in [-0.39, 0.29) is 36.6 Å². The molecule has 1 aliphatic rings. The molecule has 2 aromatic rings. The van der Waals surface area contributed by atoms with E-state index in [9.17, 15) is 30.8 Å². The lowest BCUT2D eigenvalue weighted by Crippen LogP contribution is -2.59. The van der Waals surface area contributed by atoms with Gasteiger partial charge in [-0.15, -0.1) is 0 Å². The van der Waals surface area contributed by atoms with Gasteiger partial charge >= 0.3 is 12.1 Å². The van der Waals surface area contributed by atoms with Crippen molar-refractivity contribution in [2.75, 3.05) is 24.5 Å². The molecule has 0 radical (unpaired) electrons. The molecule has 0 bridgehead atoms. The van der Waals surface area contributed by atoms with E-state index in [0.717, 1.165) is 16.4 Å². The summed E-state index contributed by atoms with van der Waals surface area (Å²) in [7, 11) is -4.05. The molecule has 1 aliphatic heterocycles. The van der Waals surface area contributed by atoms with Gasteiger partial charge in [0.05, 0.1) is 21.8 Å². The van der Waals surface area contributed by atoms with Gasteiger partial charge < -0.3 is 10.0 Å². The maximum atomic E-state index is 14.0. The summed E-state index contributed by atoms with van der Waals surface area (Å²) in [6.45, 7) is 1.54. The van der Waals surface area contributed by atoms with Crippen LogP contribution in [0.25, 0.3) is 0 Å². The fourth-order valence-corrected chi connectivity index (χ4v) is 5.92. The Hall–Kier alpha value is -2.31. The molecule has 0 aliphatic carbocycles. The Bertz CT molecular complexity index is 1140. The third kappa shape index (κ3) is 5.02. The minimum Gasteiger partial charge on any atom is -0.481 e. The van der Waals surface area contributed by atoms with E-state index in [0.29, 0.717) is 11.6 Å². The van der Waals surface area contributed by atoms with Gasteiger partial charge in [-0.3, -0.25) is 4.79 Å². The molecule has 174 valence electrons. The van der Waals surface area contributed by atoms with Crippen LogP contribution in [-0.2, 0) is 27.4 Å². The second-order valence-corrected chi connectivity index (χ2v) is 10.4. The zero-order valence-corrected chi connectivity index (χ0v) is 18.5. The lowest BCUT2D eigenvalue weighted by Gasteiger charge is -2.46. The number of rotatable bonds is 5. The third-order valence-electron chi connectivity index (χ3n) is 5.07. The molecule has 32 heavy (non-hydrogen) atoms. The summed E-state index contributed by atoms with van der Waals surface area (Å²) in [5, 5.41) is 8.94. The molecule has 2 aromatic carbocycles. The van der Waals surface area contributed by atoms with Gasteiger partial charge in [-0.2, -0.15) is 30.1 Å². The number of benzene rings is 2. The zero-order chi connectivity index (χ0) is 23.9. The lowest BCUT2D eigenvalue weighted by molar-refractivity contribution is -0.140. The molecule has 3 rings (SSSR count). The number of sulfonamides is 1. The predicted molar refractivity (Wildman–Crippen MR) is 113 cm³/mol. The molecule has 0 aromatic heterocycles. The molecule has 1 heterocycles. The highest BCUT2D eigenvalue weighted by molar-refractivity contribution is 7.90. The van der Waals surface area contributed by atoms with E-state index in [1.807, 2.05) is 0 Å². The summed E-state index contributed by atoms with van der Waals surface area (Å²) in [5.74, 6) is -2.52. The van der Waals surface area contributed by atoms with Crippen molar-refractivity contribution >= 4 is 34.3 Å². The molecule has 1 saturated heterocycles. The molecule has 12 heteroatoms. The van der Waals surface area contributed by atoms with Gasteiger partial charge in [-0.05, 0) is 42.8 Å². The van der Waals surface area contributed by atoms with Crippen LogP contribution in [0.1, 0.15) is 18.1 Å². The number of nitrogens with zero attached hydrogens (tertiary/aromatic N) is 2. The van der Waals surface area contributed by atoms with Crippen LogP contribution < -0.4 is 4.90 Å². The van der Waals surface area contributed by atoms with E-state index < -0.39 is 38.4 Å². The zero-order valence-electron chi connectivity index (χ0n) is 16.8. The van der Waals surface area contributed by atoms with Gasteiger partial charge in [0, 0.05) is 25.3 Å². The van der Waals surface area contributed by atoms with Crippen LogP contribution in [0.3, 0.4) is 0 Å². The van der Waals surface area contributed by atoms with Gasteiger partial charge in [-0.25, -0.2) is 12.8 Å². The fraction of sp³-hybridized carbons (Fsp3) is 0.350. The van der Waals surface area contributed by atoms with Crippen LogP contribution >= 0.6 is 12.6 Å². The van der Waals surface area contributed by atoms with E-state index in [1.165, 1.54) is 31.2 Å². The van der Waals surface area contributed by atoms with E-state index in [4.69, 9.17) is 5.11 Å². The van der Waals surface area contributed by atoms with Crippen molar-refractivity contribution in [1.29, 1.82) is 0 Å². The summed E-state index contributed by atoms with van der Waals surface area (Å²) in [5.41, 5.74) is -0.882. The Labute approximate surface area is 187 Å². The number of anilines is 1. The number of piperazine rings is 1. The lowest BCUT2D eigenvalue weighted by atomic mass is 10.1. The van der Waals surface area contributed by atoms with Crippen molar-refractivity contribution in [2.24, 2.45) is 0 Å². The summed E-state index contributed by atoms with van der Waals surface area (Å²) in [6.07, 6.45) is -5.16. The molecular weight excluding hydrogens is 472 g/mol. The first kappa shape index (κ1) is 24.3. The topological polar surface area (TPSA) is 77.9 Å². The maximum absolute atomic E-state index is 14.0. The van der Waals surface area contributed by atoms with Gasteiger partial charge in [0.15, 0.2) is 0 Å². The maximum Gasteiger partial charge on any atom is 0.419 e. The first-order chi connectivity index (χ1) is 14.7. The molecule has 0 unspecified atom stereocenters. The van der Waals surface area contributed by atoms with Crippen molar-refractivity contribution in [3.05, 3.63) is 59.4 Å². The van der Waals surface area contributed by atoms with Gasteiger partial charge in [0.2, 0.25) is 10.0 Å². The first-order valence-electron chi connectivity index (χ1n) is 9.39. The molecule has 6 nitrogen and oxygen atoms in total. The first-order valence-corrected chi connectivity index (χ1v) is 11.3. The summed E-state index contributed by atoms with van der Waals surface area (Å²) in [6, 6.07) is 8.14. The van der Waals surface area contributed by atoms with E-state index >= 15 is 0 Å². The van der Waals surface area contributed by atoms with Crippen LogP contribution in [0.15, 0.2) is 47.4 Å². The Morgan fingerprint density at radius 1 is 1.19 bits per heavy atom. The van der Waals surface area contributed by atoms with Crippen LogP contribution in [0.5, 0.6) is 0 Å². The van der Waals surface area contributed by atoms with Crippen molar-refractivity contribution in [2.45, 2.75) is 29.3 Å². The number of aliphatic carboxylic acids is 1. The predicted octanol–water partition coefficient (Wildman–Crippen LogP) is 3.63. The summed E-state index contributed by atoms with van der Waals surface area (Å²) in [4.78, 5) is 11.1. The minimum atomic E-state index is -4.82. The molecule has 1 fully saturated rings. The normalized spacial score (nSPS) is 20.4. The molecule has 1 N–H and O–H groups in total. The number of thiol groups is 1. The Kier molecular flexibility index (Phi) is 6.51. The van der Waals surface area contributed by atoms with Crippen LogP contribution in [0.4, 0.5) is 23.2 Å². The van der Waals surface area contributed by atoms with Gasteiger partial charge in [0.1, 0.15) is 5.82 Å². The molecule has 0 saturated carbocycles. The van der Waals surface area contributed by atoms with Crippen molar-refractivity contribution in [3.8, 4) is 0 Å². The quantitative estimate of drug-likeness (QED) is 0.493. The van der Waals surface area contributed by atoms with Crippen LogP contribution in [0, 0.1) is 5.82 Å². The third-order valence-corrected chi connectivity index (χ3v) is 7.60. The standard InChI is InChI=1S/C20H20F4N2O4S2/c1-19(31)12-25(14-5-6-16(17(21)11-14)20(22,23)24)7-8-26(19)32(29,30)15-4-2-3-13(9-15)10-18(27)28/h2-6,9,11,31H,7-8,10,12H2,1H3,(H,27,28)/t19-/m1/s1. The Morgan fingerprint density at radius 2 is 1.88 bits per heavy atom. The second-order valence-electron chi connectivity index (χ2n) is 7.60.